The Morgan fingerprint density at radius 2 is 1.10 bits per heavy atom. The second kappa shape index (κ2) is 9.88. The van der Waals surface area contributed by atoms with Gasteiger partial charge in [0.1, 0.15) is 0 Å². The molecular weight excluding hydrogens is 274 g/mol. The Bertz CT molecular complexity index is 616. The van der Waals surface area contributed by atoms with E-state index in [0.717, 1.165) is 11.1 Å². The van der Waals surface area contributed by atoms with E-state index < -0.39 is 0 Å². The van der Waals surface area contributed by atoms with Crippen LogP contribution in [-0.2, 0) is 0 Å². The van der Waals surface area contributed by atoms with Gasteiger partial charge in [-0.3, -0.25) is 0 Å². The van der Waals surface area contributed by atoms with E-state index >= 15 is 0 Å². The standard InChI is InChI=1S/C12H8N6.2Na/c13-17-15-11-5-1-3-9(7-11)10-4-2-6-12(8-10)16-18-14;;/h1-8H;;. The van der Waals surface area contributed by atoms with Crippen LogP contribution in [0.4, 0.5) is 11.4 Å². The number of hydrogen-bond acceptors (Lipinski definition) is 2. The third kappa shape index (κ3) is 5.21. The van der Waals surface area contributed by atoms with Gasteiger partial charge < -0.3 is 0 Å². The molecule has 2 aromatic carbocycles. The largest absolute Gasteiger partial charge is 0.0612 e. The fourth-order valence-corrected chi connectivity index (χ4v) is 1.60. The van der Waals surface area contributed by atoms with Crippen LogP contribution in [0.3, 0.4) is 0 Å². The maximum Gasteiger partial charge on any atom is 0.0381 e. The summed E-state index contributed by atoms with van der Waals surface area (Å²) < 4.78 is 0. The van der Waals surface area contributed by atoms with Gasteiger partial charge in [-0.25, -0.2) is 0 Å². The van der Waals surface area contributed by atoms with Gasteiger partial charge in [-0.2, -0.15) is 0 Å². The number of benzene rings is 2. The maximum absolute atomic E-state index is 8.40. The zero-order valence-corrected chi connectivity index (χ0v) is 15.3. The second-order valence-electron chi connectivity index (χ2n) is 3.48. The molecule has 88 valence electrons. The minimum absolute atomic E-state index is 0. The summed E-state index contributed by atoms with van der Waals surface area (Å²) in [6, 6.07) is 14.4. The first-order valence-corrected chi connectivity index (χ1v) is 5.14. The van der Waals surface area contributed by atoms with Crippen molar-refractivity contribution in [3.63, 3.8) is 0 Å². The van der Waals surface area contributed by atoms with Crippen LogP contribution in [0.5, 0.6) is 0 Å². The minimum atomic E-state index is 0. The van der Waals surface area contributed by atoms with Crippen molar-refractivity contribution in [3.8, 4) is 11.1 Å². The van der Waals surface area contributed by atoms with Crippen LogP contribution in [0.1, 0.15) is 0 Å². The van der Waals surface area contributed by atoms with Gasteiger partial charge in [-0.15, -0.1) is 0 Å². The van der Waals surface area contributed by atoms with Crippen LogP contribution in [0.25, 0.3) is 32.0 Å². The number of azide groups is 2. The number of rotatable bonds is 3. The van der Waals surface area contributed by atoms with Gasteiger partial charge in [-0.05, 0) is 34.3 Å². The Kier molecular flexibility index (Phi) is 9.42. The van der Waals surface area contributed by atoms with E-state index in [1.165, 1.54) is 0 Å². The summed E-state index contributed by atoms with van der Waals surface area (Å²) in [5.41, 5.74) is 19.7. The SMILES string of the molecule is [N-]=[N+]=Nc1cccc(-c2cccc(N=[N+]=[N-])c2)c1.[Na].[Na]. The summed E-state index contributed by atoms with van der Waals surface area (Å²) in [5, 5.41) is 7.10. The molecule has 0 aromatic heterocycles. The summed E-state index contributed by atoms with van der Waals surface area (Å²) in [5.74, 6) is 0. The topological polar surface area (TPSA) is 97.5 Å². The molecule has 0 heterocycles. The van der Waals surface area contributed by atoms with E-state index in [4.69, 9.17) is 11.1 Å². The van der Waals surface area contributed by atoms with Gasteiger partial charge >= 0.3 is 0 Å². The summed E-state index contributed by atoms with van der Waals surface area (Å²) in [6.45, 7) is 0. The Morgan fingerprint density at radius 3 is 1.45 bits per heavy atom. The molecule has 0 fully saturated rings. The smallest absolute Gasteiger partial charge is 0.0381 e. The van der Waals surface area contributed by atoms with Gasteiger partial charge in [0.2, 0.25) is 0 Å². The van der Waals surface area contributed by atoms with E-state index in [0.29, 0.717) is 11.4 Å². The van der Waals surface area contributed by atoms with Crippen molar-refractivity contribution in [3.05, 3.63) is 69.4 Å². The molecule has 2 radical (unpaired) electrons. The summed E-state index contributed by atoms with van der Waals surface area (Å²) >= 11 is 0. The zero-order valence-electron chi connectivity index (χ0n) is 11.3. The van der Waals surface area contributed by atoms with Crippen molar-refractivity contribution in [2.24, 2.45) is 10.2 Å². The van der Waals surface area contributed by atoms with Crippen molar-refractivity contribution in [1.82, 2.24) is 0 Å². The molecular formula is C12H8N6Na2. The Labute approximate surface area is 160 Å². The molecule has 0 bridgehead atoms. The molecule has 0 N–H and O–H groups in total. The second-order valence-corrected chi connectivity index (χ2v) is 3.48. The molecule has 0 atom stereocenters. The minimum Gasteiger partial charge on any atom is -0.0612 e. The number of nitrogens with zero attached hydrogens (tertiary/aromatic N) is 6. The van der Waals surface area contributed by atoms with Gasteiger partial charge in [0.15, 0.2) is 0 Å². The van der Waals surface area contributed by atoms with Crippen molar-refractivity contribution in [2.75, 3.05) is 0 Å². The molecule has 0 aliphatic heterocycles. The van der Waals surface area contributed by atoms with Gasteiger partial charge in [-0.1, -0.05) is 46.6 Å². The van der Waals surface area contributed by atoms with E-state index in [1.54, 1.807) is 36.4 Å². The quantitative estimate of drug-likeness (QED) is 0.343. The van der Waals surface area contributed by atoms with Crippen LogP contribution in [0.15, 0.2) is 58.8 Å². The monoisotopic (exact) mass is 282 g/mol. The molecule has 0 aliphatic carbocycles. The van der Waals surface area contributed by atoms with Gasteiger partial charge in [0.05, 0.1) is 0 Å². The normalized spacial score (nSPS) is 8.20. The maximum atomic E-state index is 8.40. The molecule has 0 amide bonds. The number of hydrogen-bond donors (Lipinski definition) is 0. The first-order valence-electron chi connectivity index (χ1n) is 5.14. The van der Waals surface area contributed by atoms with Gasteiger partial charge in [0, 0.05) is 80.3 Å². The summed E-state index contributed by atoms with van der Waals surface area (Å²) in [6.07, 6.45) is 0. The molecule has 0 saturated heterocycles. The Balaban J connectivity index is 0.00000180. The average molecular weight is 282 g/mol. The molecule has 0 spiro atoms. The van der Waals surface area contributed by atoms with Crippen molar-refractivity contribution < 1.29 is 0 Å². The molecule has 6 nitrogen and oxygen atoms in total. The third-order valence-corrected chi connectivity index (χ3v) is 2.35. The van der Waals surface area contributed by atoms with Crippen LogP contribution < -0.4 is 0 Å². The van der Waals surface area contributed by atoms with Crippen LogP contribution in [0.2, 0.25) is 0 Å². The molecule has 0 unspecified atom stereocenters. The molecule has 2 aromatic rings. The van der Waals surface area contributed by atoms with E-state index in [9.17, 15) is 0 Å². The van der Waals surface area contributed by atoms with Crippen LogP contribution in [0, 0.1) is 0 Å². The molecule has 0 aliphatic rings. The Morgan fingerprint density at radius 1 is 0.700 bits per heavy atom. The summed E-state index contributed by atoms with van der Waals surface area (Å²) in [4.78, 5) is 5.49. The van der Waals surface area contributed by atoms with E-state index in [1.807, 2.05) is 12.1 Å². The van der Waals surface area contributed by atoms with Crippen molar-refractivity contribution >= 4 is 70.5 Å². The first kappa shape index (κ1) is 19.1. The molecule has 2 rings (SSSR count). The predicted octanol–water partition coefficient (Wildman–Crippen LogP) is 4.48. The Hall–Kier alpha value is -0.940. The van der Waals surface area contributed by atoms with Crippen molar-refractivity contribution in [2.45, 2.75) is 0 Å². The van der Waals surface area contributed by atoms with E-state index in [2.05, 4.69) is 20.1 Å². The fraction of sp³-hybridized carbons (Fsp3) is 0. The van der Waals surface area contributed by atoms with Crippen LogP contribution in [-0.4, -0.2) is 59.1 Å². The van der Waals surface area contributed by atoms with Crippen LogP contribution >= 0.6 is 0 Å². The summed E-state index contributed by atoms with van der Waals surface area (Å²) in [7, 11) is 0. The first-order chi connectivity index (χ1) is 8.83. The molecule has 0 saturated carbocycles. The third-order valence-electron chi connectivity index (χ3n) is 2.35. The van der Waals surface area contributed by atoms with E-state index in [-0.39, 0.29) is 59.1 Å². The average Bonchev–Trinajstić information content (AvgIpc) is 2.40. The van der Waals surface area contributed by atoms with Gasteiger partial charge in [0.25, 0.3) is 0 Å². The predicted molar refractivity (Wildman–Crippen MR) is 81.0 cm³/mol. The fourth-order valence-electron chi connectivity index (χ4n) is 1.60. The van der Waals surface area contributed by atoms with Crippen molar-refractivity contribution in [1.29, 1.82) is 0 Å². The zero-order chi connectivity index (χ0) is 12.8. The molecule has 20 heavy (non-hydrogen) atoms. The molecule has 8 heteroatoms.